The summed E-state index contributed by atoms with van der Waals surface area (Å²) < 4.78 is 5.86. The van der Waals surface area contributed by atoms with E-state index in [9.17, 15) is 5.11 Å². The third-order valence-electron chi connectivity index (χ3n) is 3.84. The molecule has 116 valence electrons. The topological polar surface area (TPSA) is 32.7 Å². The van der Waals surface area contributed by atoms with Crippen LogP contribution in [0.15, 0.2) is 42.5 Å². The molecular weight excluding hydrogens is 321 g/mol. The third kappa shape index (κ3) is 3.55. The van der Waals surface area contributed by atoms with Crippen molar-refractivity contribution in [3.63, 3.8) is 0 Å². The number of rotatable bonds is 3. The fourth-order valence-electron chi connectivity index (χ4n) is 2.65. The lowest BCUT2D eigenvalue weighted by Crippen LogP contribution is -2.37. The molecule has 0 bridgehead atoms. The van der Waals surface area contributed by atoms with Gasteiger partial charge in [0, 0.05) is 24.7 Å². The number of hydrogen-bond acceptors (Lipinski definition) is 3. The van der Waals surface area contributed by atoms with Crippen LogP contribution in [-0.2, 0) is 11.3 Å². The maximum absolute atomic E-state index is 9.70. The second-order valence-electron chi connectivity index (χ2n) is 5.40. The highest BCUT2D eigenvalue weighted by molar-refractivity contribution is 6.32. The number of halogens is 2. The van der Waals surface area contributed by atoms with E-state index in [0.717, 1.165) is 29.2 Å². The van der Waals surface area contributed by atoms with Crippen molar-refractivity contribution in [3.05, 3.63) is 63.6 Å². The van der Waals surface area contributed by atoms with Crippen molar-refractivity contribution in [2.75, 3.05) is 19.7 Å². The van der Waals surface area contributed by atoms with Crippen molar-refractivity contribution in [1.82, 2.24) is 4.90 Å². The summed E-state index contributed by atoms with van der Waals surface area (Å²) in [5, 5.41) is 10.9. The number of hydrogen-bond donors (Lipinski definition) is 1. The van der Waals surface area contributed by atoms with E-state index in [0.29, 0.717) is 18.2 Å². The van der Waals surface area contributed by atoms with Gasteiger partial charge < -0.3 is 9.84 Å². The van der Waals surface area contributed by atoms with Crippen molar-refractivity contribution in [3.8, 4) is 5.75 Å². The standard InChI is InChI=1S/C17H17Cl2NO2/c18-14-6-4-12(5-7-14)16-11-20(8-9-22-16)10-13-2-1-3-15(21)17(13)19/h1-7,16,21H,8-11H2/t16-/m0/s1. The SMILES string of the molecule is Oc1cccc(CN2CCO[C@H](c3ccc(Cl)cc3)C2)c1Cl. The highest BCUT2D eigenvalue weighted by Gasteiger charge is 2.22. The molecule has 1 aliphatic heterocycles. The first kappa shape index (κ1) is 15.6. The molecule has 0 aromatic heterocycles. The van der Waals surface area contributed by atoms with Gasteiger partial charge >= 0.3 is 0 Å². The number of phenols is 1. The third-order valence-corrected chi connectivity index (χ3v) is 4.53. The summed E-state index contributed by atoms with van der Waals surface area (Å²) in [6, 6.07) is 13.1. The molecule has 0 unspecified atom stereocenters. The molecule has 1 aliphatic rings. The molecule has 2 aromatic carbocycles. The van der Waals surface area contributed by atoms with Crippen LogP contribution < -0.4 is 0 Å². The molecule has 0 radical (unpaired) electrons. The predicted octanol–water partition coefficient (Wildman–Crippen LogP) is 4.27. The van der Waals surface area contributed by atoms with E-state index in [4.69, 9.17) is 27.9 Å². The molecule has 0 aliphatic carbocycles. The summed E-state index contributed by atoms with van der Waals surface area (Å²) in [5.74, 6) is 0.127. The van der Waals surface area contributed by atoms with E-state index in [1.54, 1.807) is 6.07 Å². The lowest BCUT2D eigenvalue weighted by atomic mass is 10.1. The molecule has 5 heteroatoms. The Labute approximate surface area is 140 Å². The molecule has 3 rings (SSSR count). The molecule has 0 spiro atoms. The second-order valence-corrected chi connectivity index (χ2v) is 6.21. The van der Waals surface area contributed by atoms with Gasteiger partial charge in [-0.15, -0.1) is 0 Å². The Hall–Kier alpha value is -1.26. The first-order valence-corrected chi connectivity index (χ1v) is 7.95. The van der Waals surface area contributed by atoms with E-state index in [-0.39, 0.29) is 11.9 Å². The van der Waals surface area contributed by atoms with Crippen molar-refractivity contribution in [1.29, 1.82) is 0 Å². The van der Waals surface area contributed by atoms with Crippen LogP contribution in [0.25, 0.3) is 0 Å². The summed E-state index contributed by atoms with van der Waals surface area (Å²) in [4.78, 5) is 2.28. The van der Waals surface area contributed by atoms with Crippen LogP contribution in [0.4, 0.5) is 0 Å². The first-order chi connectivity index (χ1) is 10.6. The lowest BCUT2D eigenvalue weighted by molar-refractivity contribution is -0.0329. The van der Waals surface area contributed by atoms with Gasteiger partial charge in [0.1, 0.15) is 5.75 Å². The van der Waals surface area contributed by atoms with Crippen molar-refractivity contribution in [2.24, 2.45) is 0 Å². The summed E-state index contributed by atoms with van der Waals surface area (Å²) in [6.45, 7) is 2.99. The number of morpholine rings is 1. The average molecular weight is 338 g/mol. The highest BCUT2D eigenvalue weighted by Crippen LogP contribution is 2.29. The molecule has 1 heterocycles. The van der Waals surface area contributed by atoms with Crippen LogP contribution in [0, 0.1) is 0 Å². The molecular formula is C17H17Cl2NO2. The Kier molecular flexibility index (Phi) is 4.89. The van der Waals surface area contributed by atoms with Gasteiger partial charge in [0.2, 0.25) is 0 Å². The average Bonchev–Trinajstić information content (AvgIpc) is 2.53. The van der Waals surface area contributed by atoms with Gasteiger partial charge in [-0.25, -0.2) is 0 Å². The van der Waals surface area contributed by atoms with Gasteiger partial charge in [-0.2, -0.15) is 0 Å². The fraction of sp³-hybridized carbons (Fsp3) is 0.294. The quantitative estimate of drug-likeness (QED) is 0.907. The monoisotopic (exact) mass is 337 g/mol. The fourth-order valence-corrected chi connectivity index (χ4v) is 2.97. The molecule has 1 N–H and O–H groups in total. The summed E-state index contributed by atoms with van der Waals surface area (Å²) in [7, 11) is 0. The number of nitrogens with zero attached hydrogens (tertiary/aromatic N) is 1. The molecule has 1 fully saturated rings. The first-order valence-electron chi connectivity index (χ1n) is 7.19. The minimum absolute atomic E-state index is 0.0297. The van der Waals surface area contributed by atoms with Gasteiger partial charge in [0.15, 0.2) is 0 Å². The van der Waals surface area contributed by atoms with Crippen LogP contribution in [0.1, 0.15) is 17.2 Å². The Balaban J connectivity index is 1.70. The van der Waals surface area contributed by atoms with Crippen LogP contribution in [0.5, 0.6) is 5.75 Å². The minimum Gasteiger partial charge on any atom is -0.506 e. The van der Waals surface area contributed by atoms with Crippen LogP contribution in [0.2, 0.25) is 10.0 Å². The highest BCUT2D eigenvalue weighted by atomic mass is 35.5. The van der Waals surface area contributed by atoms with E-state index >= 15 is 0 Å². The van der Waals surface area contributed by atoms with Crippen molar-refractivity contribution >= 4 is 23.2 Å². The number of aromatic hydroxyl groups is 1. The zero-order chi connectivity index (χ0) is 15.5. The van der Waals surface area contributed by atoms with Gasteiger partial charge in [-0.3, -0.25) is 4.90 Å². The molecule has 1 atom stereocenters. The van der Waals surface area contributed by atoms with Gasteiger partial charge in [-0.05, 0) is 29.3 Å². The Bertz CT molecular complexity index is 646. The van der Waals surface area contributed by atoms with E-state index in [1.807, 2.05) is 36.4 Å². The summed E-state index contributed by atoms with van der Waals surface area (Å²) in [5.41, 5.74) is 2.05. The maximum Gasteiger partial charge on any atom is 0.134 e. The van der Waals surface area contributed by atoms with Crippen molar-refractivity contribution in [2.45, 2.75) is 12.6 Å². The van der Waals surface area contributed by atoms with E-state index in [2.05, 4.69) is 4.90 Å². The predicted molar refractivity (Wildman–Crippen MR) is 88.5 cm³/mol. The maximum atomic E-state index is 9.70. The van der Waals surface area contributed by atoms with Gasteiger partial charge in [0.05, 0.1) is 17.7 Å². The molecule has 22 heavy (non-hydrogen) atoms. The number of ether oxygens (including phenoxy) is 1. The molecule has 0 saturated carbocycles. The van der Waals surface area contributed by atoms with Crippen LogP contribution >= 0.6 is 23.2 Å². The van der Waals surface area contributed by atoms with Gasteiger partial charge in [0.25, 0.3) is 0 Å². The summed E-state index contributed by atoms with van der Waals surface area (Å²) >= 11 is 12.1. The summed E-state index contributed by atoms with van der Waals surface area (Å²) in [6.07, 6.45) is 0.0297. The normalized spacial score (nSPS) is 19.3. The second kappa shape index (κ2) is 6.88. The lowest BCUT2D eigenvalue weighted by Gasteiger charge is -2.33. The number of phenolic OH excluding ortho intramolecular Hbond substituents is 1. The van der Waals surface area contributed by atoms with E-state index in [1.165, 1.54) is 0 Å². The smallest absolute Gasteiger partial charge is 0.134 e. The van der Waals surface area contributed by atoms with E-state index < -0.39 is 0 Å². The number of benzene rings is 2. The minimum atomic E-state index is 0.0297. The van der Waals surface area contributed by atoms with Crippen LogP contribution in [0.3, 0.4) is 0 Å². The Morgan fingerprint density at radius 1 is 1.14 bits per heavy atom. The molecule has 1 saturated heterocycles. The zero-order valence-electron chi connectivity index (χ0n) is 12.0. The van der Waals surface area contributed by atoms with Crippen LogP contribution in [-0.4, -0.2) is 29.7 Å². The molecule has 2 aromatic rings. The largest absolute Gasteiger partial charge is 0.506 e. The molecule has 0 amide bonds. The Morgan fingerprint density at radius 3 is 2.68 bits per heavy atom. The van der Waals surface area contributed by atoms with Gasteiger partial charge in [-0.1, -0.05) is 47.5 Å². The Morgan fingerprint density at radius 2 is 1.91 bits per heavy atom. The zero-order valence-corrected chi connectivity index (χ0v) is 13.5. The molecule has 3 nitrogen and oxygen atoms in total. The van der Waals surface area contributed by atoms with Crippen molar-refractivity contribution < 1.29 is 9.84 Å².